The fourth-order valence-corrected chi connectivity index (χ4v) is 2.24. The van der Waals surface area contributed by atoms with Crippen molar-refractivity contribution in [1.29, 1.82) is 5.41 Å². The van der Waals surface area contributed by atoms with Gasteiger partial charge in [-0.3, -0.25) is 5.32 Å². The van der Waals surface area contributed by atoms with Crippen LogP contribution in [0.1, 0.15) is 5.56 Å². The lowest BCUT2D eigenvalue weighted by molar-refractivity contribution is 0.177. The normalized spacial score (nSPS) is 16.7. The molecule has 138 valence electrons. The predicted octanol–water partition coefficient (Wildman–Crippen LogP) is 2.90. The van der Waals surface area contributed by atoms with E-state index in [1.54, 1.807) is 36.4 Å². The molecule has 0 aliphatic carbocycles. The minimum Gasteiger partial charge on any atom is -0.457 e. The maximum Gasteiger partial charge on any atom is 0.409 e. The van der Waals surface area contributed by atoms with Crippen molar-refractivity contribution in [2.45, 2.75) is 6.17 Å². The van der Waals surface area contributed by atoms with E-state index >= 15 is 0 Å². The van der Waals surface area contributed by atoms with Gasteiger partial charge in [-0.05, 0) is 60.2 Å². The molecule has 1 amide bonds. The molecular formula is C19H18N4O4. The third kappa shape index (κ3) is 5.08. The number of nitrogens with zero attached hydrogens (tertiary/aromatic N) is 1. The first-order valence-electron chi connectivity index (χ1n) is 8.10. The second-order valence-corrected chi connectivity index (χ2v) is 5.52. The molecule has 0 aromatic heterocycles. The maximum absolute atomic E-state index is 10.9. The monoisotopic (exact) mass is 366 g/mol. The van der Waals surface area contributed by atoms with Crippen molar-refractivity contribution in [3.8, 4) is 17.2 Å². The predicted molar refractivity (Wildman–Crippen MR) is 101 cm³/mol. The van der Waals surface area contributed by atoms with E-state index in [0.29, 0.717) is 22.9 Å². The molecule has 27 heavy (non-hydrogen) atoms. The highest BCUT2D eigenvalue weighted by Gasteiger charge is 2.20. The summed E-state index contributed by atoms with van der Waals surface area (Å²) >= 11 is 0. The molecule has 8 heteroatoms. The number of hydrogen-bond donors (Lipinski definition) is 3. The SMILES string of the molecule is N=C/C=C(\N)c1ccc(Oc2ccc(OC=N[C@@H]3COC(=O)N3)cc2)cc1. The number of benzene rings is 2. The summed E-state index contributed by atoms with van der Waals surface area (Å²) in [5.74, 6) is 1.89. The van der Waals surface area contributed by atoms with E-state index in [4.69, 9.17) is 25.4 Å². The number of amides is 1. The fourth-order valence-electron chi connectivity index (χ4n) is 2.24. The quantitative estimate of drug-likeness (QED) is 0.514. The van der Waals surface area contributed by atoms with Crippen molar-refractivity contribution in [2.24, 2.45) is 10.7 Å². The third-order valence-corrected chi connectivity index (χ3v) is 3.60. The van der Waals surface area contributed by atoms with Gasteiger partial charge in [-0.2, -0.15) is 0 Å². The van der Waals surface area contributed by atoms with Crippen molar-refractivity contribution < 1.29 is 19.0 Å². The number of aliphatic imine (C=N–C) groups is 1. The van der Waals surface area contributed by atoms with Crippen molar-refractivity contribution in [1.82, 2.24) is 5.32 Å². The van der Waals surface area contributed by atoms with Crippen molar-refractivity contribution in [3.05, 3.63) is 60.2 Å². The molecule has 4 N–H and O–H groups in total. The highest BCUT2D eigenvalue weighted by atomic mass is 16.6. The van der Waals surface area contributed by atoms with Crippen LogP contribution in [0.15, 0.2) is 59.6 Å². The molecule has 1 saturated heterocycles. The molecule has 0 unspecified atom stereocenters. The number of hydrogen-bond acceptors (Lipinski definition) is 7. The van der Waals surface area contributed by atoms with Gasteiger partial charge in [0.2, 0.25) is 0 Å². The minimum atomic E-state index is -0.486. The zero-order chi connectivity index (χ0) is 19.1. The van der Waals surface area contributed by atoms with E-state index in [9.17, 15) is 4.79 Å². The smallest absolute Gasteiger partial charge is 0.409 e. The molecule has 1 aliphatic heterocycles. The van der Waals surface area contributed by atoms with Crippen LogP contribution in [0, 0.1) is 5.41 Å². The van der Waals surface area contributed by atoms with Gasteiger partial charge >= 0.3 is 6.09 Å². The number of nitrogens with two attached hydrogens (primary N) is 1. The number of nitrogens with one attached hydrogen (secondary N) is 2. The summed E-state index contributed by atoms with van der Waals surface area (Å²) in [5, 5.41) is 9.55. The van der Waals surface area contributed by atoms with Crippen LogP contribution in [0.4, 0.5) is 4.79 Å². The van der Waals surface area contributed by atoms with Crippen LogP contribution in [0.25, 0.3) is 5.70 Å². The molecule has 0 spiro atoms. The zero-order valence-corrected chi connectivity index (χ0v) is 14.3. The second kappa shape index (κ2) is 8.52. The Balaban J connectivity index is 1.54. The molecule has 0 saturated carbocycles. The maximum atomic E-state index is 10.9. The average molecular weight is 366 g/mol. The van der Waals surface area contributed by atoms with Crippen molar-refractivity contribution >= 4 is 24.4 Å². The molecule has 1 heterocycles. The van der Waals surface area contributed by atoms with Gasteiger partial charge in [-0.15, -0.1) is 0 Å². The molecule has 2 aromatic carbocycles. The number of carbonyl (C=O) groups excluding carboxylic acids is 1. The first-order valence-corrected chi connectivity index (χ1v) is 8.10. The lowest BCUT2D eigenvalue weighted by atomic mass is 10.1. The topological polar surface area (TPSA) is 119 Å². The summed E-state index contributed by atoms with van der Waals surface area (Å²) in [6.45, 7) is 0.188. The van der Waals surface area contributed by atoms with Gasteiger partial charge in [-0.1, -0.05) is 0 Å². The van der Waals surface area contributed by atoms with Gasteiger partial charge in [-0.25, -0.2) is 9.79 Å². The molecular weight excluding hydrogens is 348 g/mol. The Bertz CT molecular complexity index is 860. The van der Waals surface area contributed by atoms with Crippen LogP contribution in [-0.4, -0.2) is 31.5 Å². The lowest BCUT2D eigenvalue weighted by Gasteiger charge is -2.08. The summed E-state index contributed by atoms with van der Waals surface area (Å²) in [6, 6.07) is 14.3. The van der Waals surface area contributed by atoms with Gasteiger partial charge in [0, 0.05) is 11.9 Å². The minimum absolute atomic E-state index is 0.188. The Morgan fingerprint density at radius 2 is 1.78 bits per heavy atom. The Morgan fingerprint density at radius 3 is 2.37 bits per heavy atom. The first kappa shape index (κ1) is 18.0. The van der Waals surface area contributed by atoms with Gasteiger partial charge in [0.05, 0.1) is 0 Å². The van der Waals surface area contributed by atoms with Crippen LogP contribution in [0.2, 0.25) is 0 Å². The molecule has 1 atom stereocenters. The lowest BCUT2D eigenvalue weighted by Crippen LogP contribution is -2.24. The van der Waals surface area contributed by atoms with Crippen LogP contribution >= 0.6 is 0 Å². The molecule has 1 fully saturated rings. The third-order valence-electron chi connectivity index (χ3n) is 3.60. The zero-order valence-electron chi connectivity index (χ0n) is 14.3. The summed E-state index contributed by atoms with van der Waals surface area (Å²) in [5.41, 5.74) is 7.16. The highest BCUT2D eigenvalue weighted by molar-refractivity contribution is 5.81. The molecule has 1 aliphatic rings. The first-order chi connectivity index (χ1) is 13.1. The highest BCUT2D eigenvalue weighted by Crippen LogP contribution is 2.24. The molecule has 0 radical (unpaired) electrons. The van der Waals surface area contributed by atoms with E-state index in [1.807, 2.05) is 12.1 Å². The number of ether oxygens (including phenoxy) is 3. The van der Waals surface area contributed by atoms with Crippen LogP contribution < -0.4 is 20.5 Å². The molecule has 0 bridgehead atoms. The van der Waals surface area contributed by atoms with E-state index < -0.39 is 12.3 Å². The van der Waals surface area contributed by atoms with Crippen LogP contribution in [0.5, 0.6) is 17.2 Å². The second-order valence-electron chi connectivity index (χ2n) is 5.52. The van der Waals surface area contributed by atoms with Gasteiger partial charge in [0.15, 0.2) is 12.6 Å². The Morgan fingerprint density at radius 1 is 1.15 bits per heavy atom. The van der Waals surface area contributed by atoms with Crippen molar-refractivity contribution in [2.75, 3.05) is 6.61 Å². The van der Waals surface area contributed by atoms with Gasteiger partial charge < -0.3 is 25.4 Å². The summed E-state index contributed by atoms with van der Waals surface area (Å²) in [4.78, 5) is 14.9. The number of alkyl carbamates (subject to hydrolysis) is 1. The standard InChI is InChI=1S/C19H18N4O4/c20-10-9-17(21)13-1-3-15(4-2-13)27-16-7-5-14(6-8-16)26-12-22-18-11-25-19(24)23-18/h1-10,12,18,20H,11,21H2,(H,23,24)/b17-9-,20-10?,22-12?/t18-/m0/s1. The van der Waals surface area contributed by atoms with Gasteiger partial charge in [0.1, 0.15) is 23.9 Å². The Hall–Kier alpha value is -3.81. The molecule has 3 rings (SSSR count). The largest absolute Gasteiger partial charge is 0.457 e. The van der Waals surface area contributed by atoms with Gasteiger partial charge in [0.25, 0.3) is 0 Å². The number of allylic oxidation sites excluding steroid dienone is 1. The van der Waals surface area contributed by atoms with E-state index in [-0.39, 0.29) is 6.61 Å². The summed E-state index contributed by atoms with van der Waals surface area (Å²) < 4.78 is 15.9. The average Bonchev–Trinajstić information content (AvgIpc) is 3.09. The summed E-state index contributed by atoms with van der Waals surface area (Å²) in [7, 11) is 0. The fraction of sp³-hybridized carbons (Fsp3) is 0.105. The summed E-state index contributed by atoms with van der Waals surface area (Å²) in [6.07, 6.45) is 3.02. The van der Waals surface area contributed by atoms with Crippen molar-refractivity contribution in [3.63, 3.8) is 0 Å². The van der Waals surface area contributed by atoms with E-state index in [2.05, 4.69) is 10.3 Å². The van der Waals surface area contributed by atoms with E-state index in [0.717, 1.165) is 11.8 Å². The number of cyclic esters (lactones) is 1. The number of carbonyl (C=O) groups is 1. The molecule has 2 aromatic rings. The van der Waals surface area contributed by atoms with Crippen LogP contribution in [0.3, 0.4) is 0 Å². The Kier molecular flexibility index (Phi) is 5.68. The Labute approximate surface area is 155 Å². The van der Waals surface area contributed by atoms with E-state index in [1.165, 1.54) is 12.5 Å². The number of rotatable bonds is 7. The molecule has 8 nitrogen and oxygen atoms in total. The van der Waals surface area contributed by atoms with Crippen LogP contribution in [-0.2, 0) is 4.74 Å².